The van der Waals surface area contributed by atoms with Gasteiger partial charge in [0, 0.05) is 13.0 Å². The standard InChI is InChI=1S/C10H17N3O2/c14-9-7-13(10(15)4-6-12-9)8-3-1-2-5-11-8/h8,11H,1-7H2,(H,12,14). The van der Waals surface area contributed by atoms with Crippen molar-refractivity contribution in [2.45, 2.75) is 31.8 Å². The highest BCUT2D eigenvalue weighted by Gasteiger charge is 2.28. The number of carbonyl (C=O) groups is 2. The lowest BCUT2D eigenvalue weighted by molar-refractivity contribution is -0.137. The van der Waals surface area contributed by atoms with Gasteiger partial charge in [0.2, 0.25) is 11.8 Å². The zero-order valence-electron chi connectivity index (χ0n) is 8.79. The zero-order valence-corrected chi connectivity index (χ0v) is 8.79. The second kappa shape index (κ2) is 4.61. The molecule has 2 N–H and O–H groups in total. The quantitative estimate of drug-likeness (QED) is 0.611. The summed E-state index contributed by atoms with van der Waals surface area (Å²) in [7, 11) is 0. The van der Waals surface area contributed by atoms with E-state index >= 15 is 0 Å². The Morgan fingerprint density at radius 1 is 1.20 bits per heavy atom. The summed E-state index contributed by atoms with van der Waals surface area (Å²) in [5, 5.41) is 6.01. The zero-order chi connectivity index (χ0) is 10.7. The lowest BCUT2D eigenvalue weighted by Gasteiger charge is -2.33. The van der Waals surface area contributed by atoms with Gasteiger partial charge in [-0.3, -0.25) is 14.9 Å². The number of rotatable bonds is 1. The number of piperidine rings is 1. The largest absolute Gasteiger partial charge is 0.354 e. The predicted molar refractivity (Wildman–Crippen MR) is 55.0 cm³/mol. The van der Waals surface area contributed by atoms with Crippen LogP contribution in [0, 0.1) is 0 Å². The minimum absolute atomic E-state index is 0.0479. The first-order valence-corrected chi connectivity index (χ1v) is 5.57. The molecule has 0 aromatic carbocycles. The molecule has 2 saturated heterocycles. The highest BCUT2D eigenvalue weighted by Crippen LogP contribution is 2.13. The number of hydrogen-bond donors (Lipinski definition) is 2. The van der Waals surface area contributed by atoms with Gasteiger partial charge in [0.25, 0.3) is 0 Å². The van der Waals surface area contributed by atoms with Crippen molar-refractivity contribution in [3.8, 4) is 0 Å². The summed E-state index contributed by atoms with van der Waals surface area (Å²) in [5.41, 5.74) is 0. The highest BCUT2D eigenvalue weighted by atomic mass is 16.2. The van der Waals surface area contributed by atoms with Gasteiger partial charge in [0.1, 0.15) is 6.54 Å². The molecule has 2 fully saturated rings. The van der Waals surface area contributed by atoms with Crippen LogP contribution in [-0.2, 0) is 9.59 Å². The van der Waals surface area contributed by atoms with Crippen molar-refractivity contribution in [1.29, 1.82) is 0 Å². The van der Waals surface area contributed by atoms with Crippen LogP contribution in [0.2, 0.25) is 0 Å². The molecule has 0 aliphatic carbocycles. The van der Waals surface area contributed by atoms with Crippen molar-refractivity contribution in [3.63, 3.8) is 0 Å². The van der Waals surface area contributed by atoms with Gasteiger partial charge < -0.3 is 10.2 Å². The van der Waals surface area contributed by atoms with Crippen molar-refractivity contribution >= 4 is 11.8 Å². The van der Waals surface area contributed by atoms with E-state index in [2.05, 4.69) is 10.6 Å². The topological polar surface area (TPSA) is 61.4 Å². The number of hydrogen-bond acceptors (Lipinski definition) is 3. The molecule has 0 aromatic rings. The van der Waals surface area contributed by atoms with Gasteiger partial charge in [0.15, 0.2) is 0 Å². The van der Waals surface area contributed by atoms with Gasteiger partial charge in [-0.2, -0.15) is 0 Å². The van der Waals surface area contributed by atoms with Crippen molar-refractivity contribution in [3.05, 3.63) is 0 Å². The Kier molecular flexibility index (Phi) is 3.20. The van der Waals surface area contributed by atoms with Gasteiger partial charge in [-0.1, -0.05) is 0 Å². The summed E-state index contributed by atoms with van der Waals surface area (Å²) in [6.07, 6.45) is 3.73. The smallest absolute Gasteiger partial charge is 0.239 e. The minimum Gasteiger partial charge on any atom is -0.354 e. The van der Waals surface area contributed by atoms with Crippen molar-refractivity contribution in [1.82, 2.24) is 15.5 Å². The van der Waals surface area contributed by atoms with Crippen LogP contribution in [0.5, 0.6) is 0 Å². The molecule has 1 atom stereocenters. The lowest BCUT2D eigenvalue weighted by Crippen LogP contribution is -2.52. The summed E-state index contributed by atoms with van der Waals surface area (Å²) in [5.74, 6) is 0.0287. The SMILES string of the molecule is O=C1CN(C2CCCCN2)C(=O)CCN1. The maximum Gasteiger partial charge on any atom is 0.239 e. The van der Waals surface area contributed by atoms with Crippen molar-refractivity contribution in [2.75, 3.05) is 19.6 Å². The molecule has 2 aliphatic rings. The van der Waals surface area contributed by atoms with Gasteiger partial charge in [0.05, 0.1) is 6.17 Å². The molecule has 5 heteroatoms. The Morgan fingerprint density at radius 2 is 2.07 bits per heavy atom. The first-order valence-electron chi connectivity index (χ1n) is 5.57. The first kappa shape index (κ1) is 10.4. The Morgan fingerprint density at radius 3 is 2.80 bits per heavy atom. The maximum atomic E-state index is 11.8. The third-order valence-corrected chi connectivity index (χ3v) is 2.96. The van der Waals surface area contributed by atoms with Gasteiger partial charge in [-0.25, -0.2) is 0 Å². The summed E-state index contributed by atoms with van der Waals surface area (Å²) in [6, 6.07) is 0. The van der Waals surface area contributed by atoms with E-state index in [4.69, 9.17) is 0 Å². The lowest BCUT2D eigenvalue weighted by atomic mass is 10.1. The van der Waals surface area contributed by atoms with Crippen LogP contribution in [-0.4, -0.2) is 42.5 Å². The Bertz CT molecular complexity index is 261. The molecule has 84 valence electrons. The fourth-order valence-corrected chi connectivity index (χ4v) is 2.13. The van der Waals surface area contributed by atoms with E-state index in [0.717, 1.165) is 25.8 Å². The van der Waals surface area contributed by atoms with Crippen LogP contribution in [0.25, 0.3) is 0 Å². The molecule has 5 nitrogen and oxygen atoms in total. The molecule has 15 heavy (non-hydrogen) atoms. The number of nitrogens with zero attached hydrogens (tertiary/aromatic N) is 1. The molecule has 0 bridgehead atoms. The molecule has 2 rings (SSSR count). The molecule has 2 aliphatic heterocycles. The minimum atomic E-state index is -0.0479. The molecule has 1 unspecified atom stereocenters. The van der Waals surface area contributed by atoms with Crippen molar-refractivity contribution < 1.29 is 9.59 Å². The fraction of sp³-hybridized carbons (Fsp3) is 0.800. The normalized spacial score (nSPS) is 28.5. The number of nitrogens with one attached hydrogen (secondary N) is 2. The third-order valence-electron chi connectivity index (χ3n) is 2.96. The summed E-state index contributed by atoms with van der Waals surface area (Å²) in [6.45, 7) is 1.62. The molecule has 0 radical (unpaired) electrons. The molecule has 2 heterocycles. The highest BCUT2D eigenvalue weighted by molar-refractivity contribution is 5.87. The van der Waals surface area contributed by atoms with Crippen LogP contribution >= 0.6 is 0 Å². The van der Waals surface area contributed by atoms with E-state index < -0.39 is 0 Å². The molecule has 2 amide bonds. The predicted octanol–water partition coefficient (Wildman–Crippen LogP) is -0.565. The third kappa shape index (κ3) is 2.47. The van der Waals surface area contributed by atoms with E-state index in [0.29, 0.717) is 13.0 Å². The average molecular weight is 211 g/mol. The molecule has 0 aromatic heterocycles. The van der Waals surface area contributed by atoms with Crippen LogP contribution in [0.15, 0.2) is 0 Å². The van der Waals surface area contributed by atoms with Crippen molar-refractivity contribution in [2.24, 2.45) is 0 Å². The number of amides is 2. The Labute approximate surface area is 89.2 Å². The van der Waals surface area contributed by atoms with Gasteiger partial charge in [-0.05, 0) is 25.8 Å². The van der Waals surface area contributed by atoms with E-state index in [1.54, 1.807) is 4.90 Å². The fourth-order valence-electron chi connectivity index (χ4n) is 2.13. The van der Waals surface area contributed by atoms with Crippen LogP contribution in [0.1, 0.15) is 25.7 Å². The summed E-state index contributed by atoms with van der Waals surface area (Å²) < 4.78 is 0. The summed E-state index contributed by atoms with van der Waals surface area (Å²) in [4.78, 5) is 24.8. The van der Waals surface area contributed by atoms with Crippen LogP contribution in [0.3, 0.4) is 0 Å². The molecule has 0 saturated carbocycles. The van der Waals surface area contributed by atoms with Crippen LogP contribution < -0.4 is 10.6 Å². The maximum absolute atomic E-state index is 11.8. The molecule has 0 spiro atoms. The second-order valence-electron chi connectivity index (χ2n) is 4.09. The Hall–Kier alpha value is -1.10. The van der Waals surface area contributed by atoms with E-state index in [-0.39, 0.29) is 24.5 Å². The summed E-state index contributed by atoms with van der Waals surface area (Å²) >= 11 is 0. The molecular weight excluding hydrogens is 194 g/mol. The average Bonchev–Trinajstić information content (AvgIpc) is 2.42. The molecular formula is C10H17N3O2. The van der Waals surface area contributed by atoms with E-state index in [1.165, 1.54) is 0 Å². The van der Waals surface area contributed by atoms with E-state index in [9.17, 15) is 9.59 Å². The van der Waals surface area contributed by atoms with Gasteiger partial charge in [-0.15, -0.1) is 0 Å². The monoisotopic (exact) mass is 211 g/mol. The van der Waals surface area contributed by atoms with Crippen LogP contribution in [0.4, 0.5) is 0 Å². The van der Waals surface area contributed by atoms with E-state index in [1.807, 2.05) is 0 Å². The first-order chi connectivity index (χ1) is 7.27. The second-order valence-corrected chi connectivity index (χ2v) is 4.09. The Balaban J connectivity index is 2.02. The number of carbonyl (C=O) groups excluding carboxylic acids is 2. The van der Waals surface area contributed by atoms with Gasteiger partial charge >= 0.3 is 0 Å².